The Hall–Kier alpha value is -1.59. The lowest BCUT2D eigenvalue weighted by molar-refractivity contribution is -0.130. The zero-order chi connectivity index (χ0) is 15.5. The predicted molar refractivity (Wildman–Crippen MR) is 85.9 cm³/mol. The van der Waals surface area contributed by atoms with Crippen LogP contribution in [0.2, 0.25) is 5.02 Å². The maximum absolute atomic E-state index is 12.7. The summed E-state index contributed by atoms with van der Waals surface area (Å²) >= 11 is 6.19. The summed E-state index contributed by atoms with van der Waals surface area (Å²) in [5.41, 5.74) is 0.718. The molecule has 0 spiro atoms. The maximum Gasteiger partial charge on any atom is 0.249 e. The Morgan fingerprint density at radius 1 is 1.32 bits per heavy atom. The van der Waals surface area contributed by atoms with Gasteiger partial charge in [-0.1, -0.05) is 23.7 Å². The first kappa shape index (κ1) is 15.3. The number of benzene rings is 1. The molecule has 2 aliphatic heterocycles. The SMILES string of the molecule is O=C(NC1CCCN(c2ccccc2Cl)C1=O)C1CCNC1. The number of amides is 2. The lowest BCUT2D eigenvalue weighted by Crippen LogP contribution is -2.53. The van der Waals surface area contributed by atoms with E-state index in [-0.39, 0.29) is 17.7 Å². The third kappa shape index (κ3) is 3.10. The van der Waals surface area contributed by atoms with E-state index in [0.717, 1.165) is 25.1 Å². The van der Waals surface area contributed by atoms with Gasteiger partial charge in [0, 0.05) is 13.1 Å². The summed E-state index contributed by atoms with van der Waals surface area (Å²) < 4.78 is 0. The molecule has 5 nitrogen and oxygen atoms in total. The molecule has 3 rings (SSSR count). The van der Waals surface area contributed by atoms with Crippen molar-refractivity contribution in [2.24, 2.45) is 5.92 Å². The minimum Gasteiger partial charge on any atom is -0.344 e. The summed E-state index contributed by atoms with van der Waals surface area (Å²) in [6, 6.07) is 6.87. The molecule has 2 unspecified atom stereocenters. The van der Waals surface area contributed by atoms with E-state index < -0.39 is 6.04 Å². The van der Waals surface area contributed by atoms with E-state index in [0.29, 0.717) is 24.5 Å². The second-order valence-corrected chi connectivity index (χ2v) is 6.24. The number of hydrogen-bond donors (Lipinski definition) is 2. The number of rotatable bonds is 3. The van der Waals surface area contributed by atoms with Crippen molar-refractivity contribution in [2.75, 3.05) is 24.5 Å². The smallest absolute Gasteiger partial charge is 0.249 e. The van der Waals surface area contributed by atoms with E-state index in [1.54, 1.807) is 11.0 Å². The molecule has 2 heterocycles. The number of nitrogens with zero attached hydrogens (tertiary/aromatic N) is 1. The van der Waals surface area contributed by atoms with Gasteiger partial charge in [0.25, 0.3) is 0 Å². The molecular formula is C16H20ClN3O2. The van der Waals surface area contributed by atoms with Gasteiger partial charge in [0.15, 0.2) is 0 Å². The van der Waals surface area contributed by atoms with Crippen molar-refractivity contribution in [3.05, 3.63) is 29.3 Å². The van der Waals surface area contributed by atoms with Crippen molar-refractivity contribution in [3.63, 3.8) is 0 Å². The van der Waals surface area contributed by atoms with Crippen LogP contribution in [0.5, 0.6) is 0 Å². The molecule has 2 saturated heterocycles. The van der Waals surface area contributed by atoms with Crippen LogP contribution in [-0.2, 0) is 9.59 Å². The molecule has 0 saturated carbocycles. The van der Waals surface area contributed by atoms with Gasteiger partial charge in [-0.2, -0.15) is 0 Å². The zero-order valence-electron chi connectivity index (χ0n) is 12.3. The van der Waals surface area contributed by atoms with E-state index in [4.69, 9.17) is 11.6 Å². The first-order valence-corrected chi connectivity index (χ1v) is 8.11. The first-order chi connectivity index (χ1) is 10.7. The number of carbonyl (C=O) groups is 2. The number of piperidine rings is 1. The standard InChI is InChI=1S/C16H20ClN3O2/c17-12-4-1-2-6-14(12)20-9-3-5-13(16(20)22)19-15(21)11-7-8-18-10-11/h1-2,4,6,11,13,18H,3,5,7-10H2,(H,19,21). The van der Waals surface area contributed by atoms with Crippen molar-refractivity contribution in [3.8, 4) is 0 Å². The van der Waals surface area contributed by atoms with E-state index in [9.17, 15) is 9.59 Å². The van der Waals surface area contributed by atoms with Gasteiger partial charge in [0.2, 0.25) is 11.8 Å². The van der Waals surface area contributed by atoms with Gasteiger partial charge in [-0.3, -0.25) is 9.59 Å². The number of hydrogen-bond acceptors (Lipinski definition) is 3. The van der Waals surface area contributed by atoms with Gasteiger partial charge in [0.05, 0.1) is 16.6 Å². The molecule has 118 valence electrons. The lowest BCUT2D eigenvalue weighted by atomic mass is 10.0. The summed E-state index contributed by atoms with van der Waals surface area (Å²) in [6.07, 6.45) is 2.37. The Morgan fingerprint density at radius 3 is 2.86 bits per heavy atom. The van der Waals surface area contributed by atoms with Crippen molar-refractivity contribution >= 4 is 29.1 Å². The number of para-hydroxylation sites is 1. The van der Waals surface area contributed by atoms with E-state index in [1.165, 1.54) is 0 Å². The first-order valence-electron chi connectivity index (χ1n) is 7.74. The van der Waals surface area contributed by atoms with Crippen LogP contribution in [0.4, 0.5) is 5.69 Å². The number of carbonyl (C=O) groups excluding carboxylic acids is 2. The molecule has 1 aromatic carbocycles. The zero-order valence-corrected chi connectivity index (χ0v) is 13.1. The minimum atomic E-state index is -0.446. The van der Waals surface area contributed by atoms with E-state index in [1.807, 2.05) is 18.2 Å². The average molecular weight is 322 g/mol. The van der Waals surface area contributed by atoms with Gasteiger partial charge < -0.3 is 15.5 Å². The monoisotopic (exact) mass is 321 g/mol. The molecule has 1 aromatic rings. The third-order valence-corrected chi connectivity index (χ3v) is 4.65. The highest BCUT2D eigenvalue weighted by Gasteiger charge is 2.33. The normalized spacial score (nSPS) is 25.3. The highest BCUT2D eigenvalue weighted by Crippen LogP contribution is 2.28. The van der Waals surface area contributed by atoms with Crippen molar-refractivity contribution in [1.82, 2.24) is 10.6 Å². The molecule has 2 fully saturated rings. The Morgan fingerprint density at radius 2 is 2.14 bits per heavy atom. The highest BCUT2D eigenvalue weighted by atomic mass is 35.5. The molecule has 2 aliphatic rings. The quantitative estimate of drug-likeness (QED) is 0.888. The molecule has 22 heavy (non-hydrogen) atoms. The molecule has 2 atom stereocenters. The fourth-order valence-corrected chi connectivity index (χ4v) is 3.32. The van der Waals surface area contributed by atoms with Gasteiger partial charge >= 0.3 is 0 Å². The minimum absolute atomic E-state index is 0.0237. The van der Waals surface area contributed by atoms with Crippen molar-refractivity contribution in [1.29, 1.82) is 0 Å². The fourth-order valence-electron chi connectivity index (χ4n) is 3.09. The Balaban J connectivity index is 1.70. The van der Waals surface area contributed by atoms with Crippen LogP contribution in [0.25, 0.3) is 0 Å². The lowest BCUT2D eigenvalue weighted by Gasteiger charge is -2.33. The molecule has 0 aromatic heterocycles. The van der Waals surface area contributed by atoms with Gasteiger partial charge in [-0.25, -0.2) is 0 Å². The van der Waals surface area contributed by atoms with E-state index >= 15 is 0 Å². The summed E-state index contributed by atoms with van der Waals surface area (Å²) in [7, 11) is 0. The van der Waals surface area contributed by atoms with Crippen molar-refractivity contribution in [2.45, 2.75) is 25.3 Å². The van der Waals surface area contributed by atoms with Crippen LogP contribution in [-0.4, -0.2) is 37.5 Å². The van der Waals surface area contributed by atoms with E-state index in [2.05, 4.69) is 10.6 Å². The summed E-state index contributed by atoms with van der Waals surface area (Å²) in [4.78, 5) is 26.6. The molecule has 0 bridgehead atoms. The number of halogens is 1. The van der Waals surface area contributed by atoms with Crippen LogP contribution in [0.1, 0.15) is 19.3 Å². The van der Waals surface area contributed by atoms with Gasteiger partial charge in [-0.15, -0.1) is 0 Å². The van der Waals surface area contributed by atoms with Crippen LogP contribution in [0.3, 0.4) is 0 Å². The predicted octanol–water partition coefficient (Wildman–Crippen LogP) is 1.56. The van der Waals surface area contributed by atoms with Crippen LogP contribution < -0.4 is 15.5 Å². The number of nitrogens with one attached hydrogen (secondary N) is 2. The summed E-state index contributed by atoms with van der Waals surface area (Å²) in [5, 5.41) is 6.64. The van der Waals surface area contributed by atoms with Crippen LogP contribution in [0, 0.1) is 5.92 Å². The van der Waals surface area contributed by atoms with Crippen LogP contribution >= 0.6 is 11.6 Å². The molecule has 2 amide bonds. The second-order valence-electron chi connectivity index (χ2n) is 5.83. The fraction of sp³-hybridized carbons (Fsp3) is 0.500. The van der Waals surface area contributed by atoms with Crippen molar-refractivity contribution < 1.29 is 9.59 Å². The summed E-state index contributed by atoms with van der Waals surface area (Å²) in [6.45, 7) is 2.20. The van der Waals surface area contributed by atoms with Gasteiger partial charge in [0.1, 0.15) is 6.04 Å². The maximum atomic E-state index is 12.7. The largest absolute Gasteiger partial charge is 0.344 e. The molecule has 0 radical (unpaired) electrons. The van der Waals surface area contributed by atoms with Gasteiger partial charge in [-0.05, 0) is 37.9 Å². The Bertz CT molecular complexity index is 572. The molecule has 2 N–H and O–H groups in total. The molecular weight excluding hydrogens is 302 g/mol. The third-order valence-electron chi connectivity index (χ3n) is 4.33. The average Bonchev–Trinajstić information content (AvgIpc) is 3.05. The second kappa shape index (κ2) is 6.67. The molecule has 6 heteroatoms. The summed E-state index contributed by atoms with van der Waals surface area (Å²) in [5.74, 6) is -0.119. The molecule has 0 aliphatic carbocycles. The topological polar surface area (TPSA) is 61.4 Å². The Kier molecular flexibility index (Phi) is 4.64. The highest BCUT2D eigenvalue weighted by molar-refractivity contribution is 6.33. The van der Waals surface area contributed by atoms with Crippen LogP contribution in [0.15, 0.2) is 24.3 Å². The number of anilines is 1. The Labute approximate surface area is 135 Å².